The monoisotopic (exact) mass is 224 g/mol. The van der Waals surface area contributed by atoms with Gasteiger partial charge in [-0.05, 0) is 43.6 Å². The largest absolute Gasteiger partial charge is 0.315 e. The van der Waals surface area contributed by atoms with Crippen molar-refractivity contribution < 1.29 is 0 Å². The van der Waals surface area contributed by atoms with Crippen LogP contribution in [-0.2, 0) is 0 Å². The number of rotatable bonds is 5. The minimum Gasteiger partial charge on any atom is -0.315 e. The molecule has 0 aromatic heterocycles. The summed E-state index contributed by atoms with van der Waals surface area (Å²) in [4.78, 5) is 0. The molecule has 0 bridgehead atoms. The van der Waals surface area contributed by atoms with Crippen LogP contribution in [0.15, 0.2) is 0 Å². The Morgan fingerprint density at radius 3 is 2.50 bits per heavy atom. The average Bonchev–Trinajstić information content (AvgIpc) is 2.90. The van der Waals surface area contributed by atoms with Gasteiger partial charge in [-0.1, -0.05) is 26.7 Å². The molecule has 1 aliphatic carbocycles. The van der Waals surface area contributed by atoms with Crippen LogP contribution in [0.2, 0.25) is 0 Å². The van der Waals surface area contributed by atoms with E-state index in [1.165, 1.54) is 51.6 Å². The van der Waals surface area contributed by atoms with Crippen molar-refractivity contribution in [3.05, 3.63) is 0 Å². The maximum atomic E-state index is 3.68. The van der Waals surface area contributed by atoms with Gasteiger partial charge in [-0.2, -0.15) is 0 Å². The van der Waals surface area contributed by atoms with Crippen LogP contribution in [0.1, 0.15) is 52.4 Å². The molecule has 2 fully saturated rings. The maximum absolute atomic E-state index is 3.68. The lowest BCUT2D eigenvalue weighted by atomic mass is 9.77. The lowest BCUT2D eigenvalue weighted by Crippen LogP contribution is -2.40. The minimum atomic E-state index is 0.495. The van der Waals surface area contributed by atoms with Gasteiger partial charge in [0.2, 0.25) is 0 Å². The topological polar surface area (TPSA) is 24.1 Å². The van der Waals surface area contributed by atoms with E-state index in [1.807, 2.05) is 0 Å². The molecule has 2 aliphatic rings. The van der Waals surface area contributed by atoms with Crippen LogP contribution in [0, 0.1) is 11.3 Å². The zero-order valence-electron chi connectivity index (χ0n) is 11.0. The Balaban J connectivity index is 1.66. The second kappa shape index (κ2) is 5.50. The first-order valence-corrected chi connectivity index (χ1v) is 7.12. The normalized spacial score (nSPS) is 27.8. The molecule has 0 radical (unpaired) electrons. The summed E-state index contributed by atoms with van der Waals surface area (Å²) < 4.78 is 0. The van der Waals surface area contributed by atoms with Gasteiger partial charge in [0.25, 0.3) is 0 Å². The summed E-state index contributed by atoms with van der Waals surface area (Å²) in [7, 11) is 0. The Kier molecular flexibility index (Phi) is 4.26. The standard InChI is InChI=1S/C14H28N2/c1-14(2,12-6-3-4-7-12)11-15-10-13-8-5-9-16-13/h12-13,15-16H,3-11H2,1-2H3. The Hall–Kier alpha value is -0.0800. The third-order valence-corrected chi connectivity index (χ3v) is 4.59. The minimum absolute atomic E-state index is 0.495. The highest BCUT2D eigenvalue weighted by Crippen LogP contribution is 2.38. The van der Waals surface area contributed by atoms with E-state index in [2.05, 4.69) is 24.5 Å². The van der Waals surface area contributed by atoms with Crippen LogP contribution in [0.4, 0.5) is 0 Å². The first-order valence-electron chi connectivity index (χ1n) is 7.12. The van der Waals surface area contributed by atoms with E-state index >= 15 is 0 Å². The fraction of sp³-hybridized carbons (Fsp3) is 1.00. The molecule has 1 atom stereocenters. The molecule has 1 saturated carbocycles. The summed E-state index contributed by atoms with van der Waals surface area (Å²) in [5.74, 6) is 0.955. The van der Waals surface area contributed by atoms with Gasteiger partial charge >= 0.3 is 0 Å². The van der Waals surface area contributed by atoms with Crippen LogP contribution in [-0.4, -0.2) is 25.7 Å². The Morgan fingerprint density at radius 2 is 1.88 bits per heavy atom. The van der Waals surface area contributed by atoms with Crippen LogP contribution in [0.25, 0.3) is 0 Å². The van der Waals surface area contributed by atoms with E-state index in [0.29, 0.717) is 5.41 Å². The molecule has 2 N–H and O–H groups in total. The van der Waals surface area contributed by atoms with Gasteiger partial charge in [-0.25, -0.2) is 0 Å². The fourth-order valence-corrected chi connectivity index (χ4v) is 3.35. The Labute approximate surface area is 101 Å². The summed E-state index contributed by atoms with van der Waals surface area (Å²) in [6.07, 6.45) is 8.54. The molecule has 0 spiro atoms. The van der Waals surface area contributed by atoms with Crippen molar-refractivity contribution in [2.24, 2.45) is 11.3 Å². The fourth-order valence-electron chi connectivity index (χ4n) is 3.35. The lowest BCUT2D eigenvalue weighted by molar-refractivity contribution is 0.206. The van der Waals surface area contributed by atoms with Gasteiger partial charge in [0.05, 0.1) is 0 Å². The van der Waals surface area contributed by atoms with Crippen molar-refractivity contribution >= 4 is 0 Å². The highest BCUT2D eigenvalue weighted by atomic mass is 15.0. The SMILES string of the molecule is CC(C)(CNCC1CCCN1)C1CCCC1. The van der Waals surface area contributed by atoms with E-state index in [0.717, 1.165) is 18.5 Å². The molecule has 2 rings (SSSR count). The van der Waals surface area contributed by atoms with Crippen molar-refractivity contribution in [2.75, 3.05) is 19.6 Å². The summed E-state index contributed by atoms with van der Waals surface area (Å²) in [6, 6.07) is 0.736. The number of nitrogens with one attached hydrogen (secondary N) is 2. The van der Waals surface area contributed by atoms with E-state index in [9.17, 15) is 0 Å². The molecule has 1 aliphatic heterocycles. The lowest BCUT2D eigenvalue weighted by Gasteiger charge is -2.32. The molecule has 1 heterocycles. The average molecular weight is 224 g/mol. The van der Waals surface area contributed by atoms with Gasteiger partial charge in [-0.3, -0.25) is 0 Å². The van der Waals surface area contributed by atoms with E-state index in [-0.39, 0.29) is 0 Å². The quantitative estimate of drug-likeness (QED) is 0.750. The summed E-state index contributed by atoms with van der Waals surface area (Å²) in [6.45, 7) is 8.46. The van der Waals surface area contributed by atoms with Gasteiger partial charge in [0, 0.05) is 19.1 Å². The van der Waals surface area contributed by atoms with Gasteiger partial charge in [0.15, 0.2) is 0 Å². The van der Waals surface area contributed by atoms with Gasteiger partial charge in [-0.15, -0.1) is 0 Å². The summed E-state index contributed by atoms with van der Waals surface area (Å²) in [5.41, 5.74) is 0.495. The smallest absolute Gasteiger partial charge is 0.0192 e. The van der Waals surface area contributed by atoms with E-state index in [4.69, 9.17) is 0 Å². The predicted molar refractivity (Wildman–Crippen MR) is 69.6 cm³/mol. The van der Waals surface area contributed by atoms with Crippen molar-refractivity contribution in [3.8, 4) is 0 Å². The molecule has 16 heavy (non-hydrogen) atoms. The molecule has 2 nitrogen and oxygen atoms in total. The zero-order chi connectivity index (χ0) is 11.4. The molecule has 1 saturated heterocycles. The molecular weight excluding hydrogens is 196 g/mol. The Bertz CT molecular complexity index is 201. The Morgan fingerprint density at radius 1 is 1.12 bits per heavy atom. The number of hydrogen-bond donors (Lipinski definition) is 2. The van der Waals surface area contributed by atoms with Crippen molar-refractivity contribution in [1.29, 1.82) is 0 Å². The van der Waals surface area contributed by atoms with Crippen molar-refractivity contribution in [1.82, 2.24) is 10.6 Å². The van der Waals surface area contributed by atoms with Crippen LogP contribution in [0.5, 0.6) is 0 Å². The molecule has 94 valence electrons. The first-order chi connectivity index (χ1) is 7.68. The third-order valence-electron chi connectivity index (χ3n) is 4.59. The highest BCUT2D eigenvalue weighted by molar-refractivity contribution is 4.85. The van der Waals surface area contributed by atoms with E-state index in [1.54, 1.807) is 0 Å². The number of hydrogen-bond acceptors (Lipinski definition) is 2. The summed E-state index contributed by atoms with van der Waals surface area (Å²) >= 11 is 0. The second-order valence-corrected chi connectivity index (χ2v) is 6.39. The van der Waals surface area contributed by atoms with Gasteiger partial charge in [0.1, 0.15) is 0 Å². The van der Waals surface area contributed by atoms with Crippen LogP contribution < -0.4 is 10.6 Å². The molecule has 2 heteroatoms. The van der Waals surface area contributed by atoms with E-state index < -0.39 is 0 Å². The molecule has 0 amide bonds. The predicted octanol–water partition coefficient (Wildman–Crippen LogP) is 2.54. The van der Waals surface area contributed by atoms with Crippen LogP contribution >= 0.6 is 0 Å². The molecule has 0 aromatic rings. The van der Waals surface area contributed by atoms with Crippen molar-refractivity contribution in [2.45, 2.75) is 58.4 Å². The maximum Gasteiger partial charge on any atom is 0.0192 e. The summed E-state index contributed by atoms with van der Waals surface area (Å²) in [5, 5.41) is 7.23. The zero-order valence-corrected chi connectivity index (χ0v) is 11.0. The third kappa shape index (κ3) is 3.21. The first kappa shape index (κ1) is 12.4. The van der Waals surface area contributed by atoms with Crippen molar-refractivity contribution in [3.63, 3.8) is 0 Å². The molecule has 0 aromatic carbocycles. The van der Waals surface area contributed by atoms with Gasteiger partial charge < -0.3 is 10.6 Å². The molecule has 1 unspecified atom stereocenters. The molecular formula is C14H28N2. The second-order valence-electron chi connectivity index (χ2n) is 6.39. The highest BCUT2D eigenvalue weighted by Gasteiger charge is 2.31. The van der Waals surface area contributed by atoms with Crippen LogP contribution in [0.3, 0.4) is 0 Å².